The Hall–Kier alpha value is -3.54. The minimum Gasteiger partial charge on any atom is -0.483 e. The van der Waals surface area contributed by atoms with E-state index < -0.39 is 0 Å². The predicted octanol–water partition coefficient (Wildman–Crippen LogP) is 5.47. The van der Waals surface area contributed by atoms with Crippen molar-refractivity contribution in [2.75, 3.05) is 26.5 Å². The predicted molar refractivity (Wildman–Crippen MR) is 128 cm³/mol. The summed E-state index contributed by atoms with van der Waals surface area (Å²) >= 11 is 0. The van der Waals surface area contributed by atoms with E-state index in [1.807, 2.05) is 35.2 Å². The van der Waals surface area contributed by atoms with Crippen molar-refractivity contribution in [1.82, 2.24) is 4.90 Å². The number of halogens is 1. The van der Waals surface area contributed by atoms with Gasteiger partial charge in [-0.3, -0.25) is 4.79 Å². The molecule has 1 amide bonds. The standard InChI is InChI=1S/C28H28FNO4/c29-23-10-8-22(9-11-23)24-3-1-2-4-25(24)32-18-28(31)30-15-13-20(14-16-30)5-6-21-7-12-26-27(17-21)34-19-33-26/h1-4,7-12,17,20H,5-6,13-16,18-19H2. The van der Waals surface area contributed by atoms with Gasteiger partial charge in [-0.05, 0) is 73.1 Å². The van der Waals surface area contributed by atoms with Crippen LogP contribution in [0.5, 0.6) is 17.2 Å². The lowest BCUT2D eigenvalue weighted by Gasteiger charge is -2.32. The van der Waals surface area contributed by atoms with Crippen LogP contribution in [0, 0.1) is 11.7 Å². The van der Waals surface area contributed by atoms with Crippen LogP contribution in [0.1, 0.15) is 24.8 Å². The number of ether oxygens (including phenoxy) is 3. The first-order valence-electron chi connectivity index (χ1n) is 11.8. The molecule has 0 unspecified atom stereocenters. The van der Waals surface area contributed by atoms with E-state index in [2.05, 4.69) is 12.1 Å². The van der Waals surface area contributed by atoms with Crippen molar-refractivity contribution < 1.29 is 23.4 Å². The highest BCUT2D eigenvalue weighted by Gasteiger charge is 2.23. The summed E-state index contributed by atoms with van der Waals surface area (Å²) in [5, 5.41) is 0. The molecule has 0 N–H and O–H groups in total. The summed E-state index contributed by atoms with van der Waals surface area (Å²) in [6.07, 6.45) is 4.10. The molecule has 34 heavy (non-hydrogen) atoms. The van der Waals surface area contributed by atoms with Crippen molar-refractivity contribution in [2.24, 2.45) is 5.92 Å². The van der Waals surface area contributed by atoms with Crippen molar-refractivity contribution in [2.45, 2.75) is 25.7 Å². The van der Waals surface area contributed by atoms with Crippen LogP contribution in [-0.4, -0.2) is 37.3 Å². The van der Waals surface area contributed by atoms with Crippen molar-refractivity contribution >= 4 is 5.91 Å². The number of amides is 1. The Morgan fingerprint density at radius 2 is 1.74 bits per heavy atom. The van der Waals surface area contributed by atoms with Crippen molar-refractivity contribution in [3.05, 3.63) is 78.1 Å². The first kappa shape index (κ1) is 22.3. The smallest absolute Gasteiger partial charge is 0.260 e. The molecule has 0 saturated carbocycles. The molecule has 3 aromatic carbocycles. The van der Waals surface area contributed by atoms with Crippen molar-refractivity contribution in [3.63, 3.8) is 0 Å². The number of nitrogens with zero attached hydrogens (tertiary/aromatic N) is 1. The second kappa shape index (κ2) is 10.2. The molecule has 1 fully saturated rings. The Kier molecular flexibility index (Phi) is 6.65. The van der Waals surface area contributed by atoms with Gasteiger partial charge in [0.2, 0.25) is 6.79 Å². The zero-order valence-corrected chi connectivity index (χ0v) is 19.0. The maximum atomic E-state index is 13.3. The number of carbonyl (C=O) groups is 1. The third-order valence-corrected chi connectivity index (χ3v) is 6.64. The Morgan fingerprint density at radius 3 is 2.56 bits per heavy atom. The van der Waals surface area contributed by atoms with Crippen LogP contribution in [0.4, 0.5) is 4.39 Å². The van der Waals surface area contributed by atoms with Gasteiger partial charge in [0.1, 0.15) is 11.6 Å². The molecule has 5 rings (SSSR count). The number of piperidine rings is 1. The Morgan fingerprint density at radius 1 is 0.971 bits per heavy atom. The van der Waals surface area contributed by atoms with Gasteiger partial charge in [-0.1, -0.05) is 36.4 Å². The normalized spacial score (nSPS) is 15.4. The van der Waals surface area contributed by atoms with E-state index in [1.54, 1.807) is 12.1 Å². The molecule has 0 spiro atoms. The van der Waals surface area contributed by atoms with Crippen LogP contribution >= 0.6 is 0 Å². The highest BCUT2D eigenvalue weighted by Crippen LogP contribution is 2.34. The zero-order chi connectivity index (χ0) is 23.3. The first-order valence-corrected chi connectivity index (χ1v) is 11.8. The number of aryl methyl sites for hydroxylation is 1. The Bertz CT molecular complexity index is 1140. The second-order valence-electron chi connectivity index (χ2n) is 8.84. The summed E-state index contributed by atoms with van der Waals surface area (Å²) in [6, 6.07) is 20.0. The third kappa shape index (κ3) is 5.16. The molecular formula is C28H28FNO4. The maximum absolute atomic E-state index is 13.3. The lowest BCUT2D eigenvalue weighted by Crippen LogP contribution is -2.41. The third-order valence-electron chi connectivity index (χ3n) is 6.64. The Balaban J connectivity index is 1.10. The fraction of sp³-hybridized carbons (Fsp3) is 0.321. The molecule has 0 aliphatic carbocycles. The van der Waals surface area contributed by atoms with Crippen LogP contribution in [0.25, 0.3) is 11.1 Å². The molecule has 0 radical (unpaired) electrons. The molecule has 0 bridgehead atoms. The molecule has 176 valence electrons. The van der Waals surface area contributed by atoms with Gasteiger partial charge < -0.3 is 19.1 Å². The van der Waals surface area contributed by atoms with E-state index in [1.165, 1.54) is 17.7 Å². The minimum atomic E-state index is -0.281. The highest BCUT2D eigenvalue weighted by molar-refractivity contribution is 5.78. The summed E-state index contributed by atoms with van der Waals surface area (Å²) in [4.78, 5) is 14.7. The van der Waals surface area contributed by atoms with Crippen LogP contribution in [0.2, 0.25) is 0 Å². The molecular weight excluding hydrogens is 433 g/mol. The van der Waals surface area contributed by atoms with E-state index in [-0.39, 0.29) is 18.3 Å². The average molecular weight is 462 g/mol. The van der Waals surface area contributed by atoms with Gasteiger partial charge in [0.05, 0.1) is 0 Å². The number of carbonyl (C=O) groups excluding carboxylic acids is 1. The molecule has 1 saturated heterocycles. The van der Waals surface area contributed by atoms with E-state index in [4.69, 9.17) is 14.2 Å². The van der Waals surface area contributed by atoms with Gasteiger partial charge >= 0.3 is 0 Å². The molecule has 2 aliphatic rings. The number of likely N-dealkylation sites (tertiary alicyclic amines) is 1. The summed E-state index contributed by atoms with van der Waals surface area (Å²) in [5.74, 6) is 2.60. The molecule has 0 aromatic heterocycles. The quantitative estimate of drug-likeness (QED) is 0.468. The number of rotatable bonds is 7. The first-order chi connectivity index (χ1) is 16.7. The maximum Gasteiger partial charge on any atom is 0.260 e. The second-order valence-corrected chi connectivity index (χ2v) is 8.84. The topological polar surface area (TPSA) is 48.0 Å². The molecule has 5 nitrogen and oxygen atoms in total. The van der Waals surface area contributed by atoms with E-state index >= 15 is 0 Å². The summed E-state index contributed by atoms with van der Waals surface area (Å²) in [5.41, 5.74) is 2.96. The number of hydrogen-bond acceptors (Lipinski definition) is 4. The largest absolute Gasteiger partial charge is 0.483 e. The summed E-state index contributed by atoms with van der Waals surface area (Å²) < 4.78 is 30.0. The molecule has 6 heteroatoms. The van der Waals surface area contributed by atoms with E-state index in [9.17, 15) is 9.18 Å². The number of para-hydroxylation sites is 1. The van der Waals surface area contributed by atoms with Gasteiger partial charge in [0, 0.05) is 18.7 Å². The molecule has 2 aliphatic heterocycles. The van der Waals surface area contributed by atoms with Gasteiger partial charge in [-0.25, -0.2) is 4.39 Å². The van der Waals surface area contributed by atoms with Crippen LogP contribution < -0.4 is 14.2 Å². The number of fused-ring (bicyclic) bond motifs is 1. The molecule has 0 atom stereocenters. The van der Waals surface area contributed by atoms with Gasteiger partial charge in [0.25, 0.3) is 5.91 Å². The van der Waals surface area contributed by atoms with Crippen LogP contribution in [-0.2, 0) is 11.2 Å². The molecule has 3 aromatic rings. The SMILES string of the molecule is O=C(COc1ccccc1-c1ccc(F)cc1)N1CCC(CCc2ccc3c(c2)OCO3)CC1. The monoisotopic (exact) mass is 461 g/mol. The van der Waals surface area contributed by atoms with E-state index in [0.29, 0.717) is 18.5 Å². The Labute approximate surface area is 199 Å². The zero-order valence-electron chi connectivity index (χ0n) is 19.0. The lowest BCUT2D eigenvalue weighted by atomic mass is 9.90. The highest BCUT2D eigenvalue weighted by atomic mass is 19.1. The van der Waals surface area contributed by atoms with Gasteiger partial charge in [-0.15, -0.1) is 0 Å². The van der Waals surface area contributed by atoms with Crippen molar-refractivity contribution in [3.8, 4) is 28.4 Å². The lowest BCUT2D eigenvalue weighted by molar-refractivity contribution is -0.134. The van der Waals surface area contributed by atoms with Gasteiger partial charge in [-0.2, -0.15) is 0 Å². The van der Waals surface area contributed by atoms with E-state index in [0.717, 1.165) is 61.4 Å². The van der Waals surface area contributed by atoms with Crippen LogP contribution in [0.15, 0.2) is 66.7 Å². The number of hydrogen-bond donors (Lipinski definition) is 0. The summed E-state index contributed by atoms with van der Waals surface area (Å²) in [7, 11) is 0. The van der Waals surface area contributed by atoms with Crippen molar-refractivity contribution in [1.29, 1.82) is 0 Å². The summed E-state index contributed by atoms with van der Waals surface area (Å²) in [6.45, 7) is 1.81. The molecule has 2 heterocycles. The fourth-order valence-corrected chi connectivity index (χ4v) is 4.63. The fourth-order valence-electron chi connectivity index (χ4n) is 4.63. The average Bonchev–Trinajstić information content (AvgIpc) is 3.35. The minimum absolute atomic E-state index is 0.0000707. The number of benzene rings is 3. The van der Waals surface area contributed by atoms with Crippen LogP contribution in [0.3, 0.4) is 0 Å². The van der Waals surface area contributed by atoms with Gasteiger partial charge in [0.15, 0.2) is 18.1 Å².